The molecule has 2 rings (SSSR count). The van der Waals surface area contributed by atoms with Crippen LogP contribution >= 0.6 is 24.0 Å². The lowest BCUT2D eigenvalue weighted by Crippen LogP contribution is -2.41. The van der Waals surface area contributed by atoms with E-state index < -0.39 is 0 Å². The normalized spacial score (nSPS) is 13.6. The number of carbonyl (C=O) groups excluding carboxylic acids is 1. The number of benzene rings is 1. The third kappa shape index (κ3) is 11.4. The van der Waals surface area contributed by atoms with Gasteiger partial charge in [-0.15, -0.1) is 24.0 Å². The van der Waals surface area contributed by atoms with Crippen LogP contribution in [0.25, 0.3) is 0 Å². The van der Waals surface area contributed by atoms with Gasteiger partial charge in [-0.05, 0) is 49.8 Å². The number of rotatable bonds is 12. The molecule has 0 heterocycles. The number of guanidine groups is 1. The van der Waals surface area contributed by atoms with Crippen LogP contribution in [0.5, 0.6) is 0 Å². The van der Waals surface area contributed by atoms with Crippen molar-refractivity contribution in [1.82, 2.24) is 16.0 Å². The van der Waals surface area contributed by atoms with Gasteiger partial charge >= 0.3 is 0 Å². The quantitative estimate of drug-likeness (QED) is 0.176. The Balaban J connectivity index is 0.00000392. The second kappa shape index (κ2) is 14.6. The molecule has 1 amide bonds. The van der Waals surface area contributed by atoms with Crippen molar-refractivity contribution in [2.24, 2.45) is 10.9 Å². The maximum atomic E-state index is 12.9. The molecule has 1 fully saturated rings. The van der Waals surface area contributed by atoms with Crippen molar-refractivity contribution < 1.29 is 13.9 Å². The first-order chi connectivity index (χ1) is 13.2. The molecule has 0 atom stereocenters. The van der Waals surface area contributed by atoms with Gasteiger partial charge in [0.15, 0.2) is 5.96 Å². The SMILES string of the molecule is CCNC(=NCCCOCC1CC1)NCCNC(=O)Cc1ccc(F)cc1.I. The molecular weight excluding hydrogens is 474 g/mol. The van der Waals surface area contributed by atoms with Crippen LogP contribution < -0.4 is 16.0 Å². The van der Waals surface area contributed by atoms with Crippen LogP contribution in [0.15, 0.2) is 29.3 Å². The molecule has 0 spiro atoms. The van der Waals surface area contributed by atoms with Gasteiger partial charge in [-0.3, -0.25) is 9.79 Å². The summed E-state index contributed by atoms with van der Waals surface area (Å²) in [5.74, 6) is 1.16. The molecule has 1 aromatic carbocycles. The summed E-state index contributed by atoms with van der Waals surface area (Å²) in [5.41, 5.74) is 0.792. The number of hydrogen-bond acceptors (Lipinski definition) is 3. The maximum Gasteiger partial charge on any atom is 0.224 e. The van der Waals surface area contributed by atoms with E-state index in [0.29, 0.717) is 19.6 Å². The van der Waals surface area contributed by atoms with Gasteiger partial charge in [0.2, 0.25) is 5.91 Å². The highest BCUT2D eigenvalue weighted by atomic mass is 127. The lowest BCUT2D eigenvalue weighted by Gasteiger charge is -2.12. The highest BCUT2D eigenvalue weighted by molar-refractivity contribution is 14.0. The average molecular weight is 506 g/mol. The Labute approximate surface area is 184 Å². The van der Waals surface area contributed by atoms with Crippen molar-refractivity contribution in [2.45, 2.75) is 32.6 Å². The molecule has 28 heavy (non-hydrogen) atoms. The standard InChI is InChI=1S/C20H31FN4O2.HI/c1-2-22-20(24-10-3-13-27-15-17-4-5-17)25-12-11-23-19(26)14-16-6-8-18(21)9-7-16;/h6-9,17H,2-5,10-15H2,1H3,(H,23,26)(H2,22,24,25);1H. The largest absolute Gasteiger partial charge is 0.381 e. The fourth-order valence-corrected chi connectivity index (χ4v) is 2.47. The van der Waals surface area contributed by atoms with E-state index in [9.17, 15) is 9.18 Å². The van der Waals surface area contributed by atoms with Gasteiger partial charge in [0.1, 0.15) is 5.82 Å². The molecular formula is C20H32FIN4O2. The van der Waals surface area contributed by atoms with Gasteiger partial charge in [0.05, 0.1) is 6.42 Å². The number of hydrogen-bond donors (Lipinski definition) is 3. The van der Waals surface area contributed by atoms with Crippen molar-refractivity contribution in [3.8, 4) is 0 Å². The summed E-state index contributed by atoms with van der Waals surface area (Å²) in [7, 11) is 0. The number of amides is 1. The van der Waals surface area contributed by atoms with E-state index in [-0.39, 0.29) is 42.1 Å². The zero-order chi connectivity index (χ0) is 19.3. The van der Waals surface area contributed by atoms with E-state index in [2.05, 4.69) is 20.9 Å². The molecule has 8 heteroatoms. The third-order valence-electron chi connectivity index (χ3n) is 4.13. The monoisotopic (exact) mass is 506 g/mol. The average Bonchev–Trinajstić information content (AvgIpc) is 3.47. The Hall–Kier alpha value is -1.42. The lowest BCUT2D eigenvalue weighted by atomic mass is 10.1. The zero-order valence-corrected chi connectivity index (χ0v) is 18.8. The molecule has 3 N–H and O–H groups in total. The molecule has 0 bridgehead atoms. The minimum absolute atomic E-state index is 0. The molecule has 6 nitrogen and oxygen atoms in total. The van der Waals surface area contributed by atoms with Crippen molar-refractivity contribution in [1.29, 1.82) is 0 Å². The second-order valence-electron chi connectivity index (χ2n) is 6.71. The summed E-state index contributed by atoms with van der Waals surface area (Å²) >= 11 is 0. The maximum absolute atomic E-state index is 12.9. The topological polar surface area (TPSA) is 74.8 Å². The Morgan fingerprint density at radius 2 is 1.89 bits per heavy atom. The Morgan fingerprint density at radius 3 is 2.57 bits per heavy atom. The van der Waals surface area contributed by atoms with Crippen LogP contribution in [0, 0.1) is 11.7 Å². The highest BCUT2D eigenvalue weighted by Crippen LogP contribution is 2.28. The number of carbonyl (C=O) groups is 1. The molecule has 0 unspecified atom stereocenters. The number of halogens is 2. The molecule has 0 aromatic heterocycles. The zero-order valence-electron chi connectivity index (χ0n) is 16.5. The second-order valence-corrected chi connectivity index (χ2v) is 6.71. The van der Waals surface area contributed by atoms with Crippen molar-refractivity contribution in [2.75, 3.05) is 39.4 Å². The minimum Gasteiger partial charge on any atom is -0.381 e. The van der Waals surface area contributed by atoms with E-state index in [1.165, 1.54) is 25.0 Å². The number of ether oxygens (including phenoxy) is 1. The fraction of sp³-hybridized carbons (Fsp3) is 0.600. The van der Waals surface area contributed by atoms with Crippen LogP contribution in [-0.4, -0.2) is 51.3 Å². The Bertz CT molecular complexity index is 594. The van der Waals surface area contributed by atoms with Crippen LogP contribution in [0.2, 0.25) is 0 Å². The third-order valence-corrected chi connectivity index (χ3v) is 4.13. The molecule has 0 saturated heterocycles. The molecule has 1 saturated carbocycles. The molecule has 1 aromatic rings. The summed E-state index contributed by atoms with van der Waals surface area (Å²) in [6.07, 6.45) is 3.77. The highest BCUT2D eigenvalue weighted by Gasteiger charge is 2.20. The minimum atomic E-state index is -0.298. The Kier molecular flexibility index (Phi) is 12.8. The van der Waals surface area contributed by atoms with E-state index >= 15 is 0 Å². The summed E-state index contributed by atoms with van der Waals surface area (Å²) in [4.78, 5) is 16.4. The molecule has 158 valence electrons. The fourth-order valence-electron chi connectivity index (χ4n) is 2.47. The predicted octanol–water partition coefficient (Wildman–Crippen LogP) is 2.47. The first kappa shape index (κ1) is 24.6. The van der Waals surface area contributed by atoms with Crippen LogP contribution in [-0.2, 0) is 16.0 Å². The first-order valence-corrected chi connectivity index (χ1v) is 9.78. The summed E-state index contributed by atoms with van der Waals surface area (Å²) in [6.45, 7) is 6.21. The van der Waals surface area contributed by atoms with E-state index in [0.717, 1.165) is 43.6 Å². The van der Waals surface area contributed by atoms with E-state index in [4.69, 9.17) is 4.74 Å². The van der Waals surface area contributed by atoms with Gasteiger partial charge in [0, 0.05) is 39.4 Å². The Morgan fingerprint density at radius 1 is 1.18 bits per heavy atom. The van der Waals surface area contributed by atoms with Crippen LogP contribution in [0.4, 0.5) is 4.39 Å². The van der Waals surface area contributed by atoms with Gasteiger partial charge in [0.25, 0.3) is 0 Å². The van der Waals surface area contributed by atoms with Crippen LogP contribution in [0.3, 0.4) is 0 Å². The van der Waals surface area contributed by atoms with E-state index in [1.807, 2.05) is 6.92 Å². The van der Waals surface area contributed by atoms with Crippen LogP contribution in [0.1, 0.15) is 31.7 Å². The predicted molar refractivity (Wildman–Crippen MR) is 121 cm³/mol. The molecule has 0 radical (unpaired) electrons. The number of nitrogens with one attached hydrogen (secondary N) is 3. The summed E-state index contributed by atoms with van der Waals surface area (Å²) in [6, 6.07) is 5.97. The molecule has 0 aliphatic heterocycles. The molecule has 1 aliphatic carbocycles. The van der Waals surface area contributed by atoms with Crippen molar-refractivity contribution >= 4 is 35.8 Å². The summed E-state index contributed by atoms with van der Waals surface area (Å²) in [5, 5.41) is 9.23. The van der Waals surface area contributed by atoms with Gasteiger partial charge in [-0.1, -0.05) is 12.1 Å². The first-order valence-electron chi connectivity index (χ1n) is 9.78. The number of aliphatic imine (C=N–C) groups is 1. The molecule has 1 aliphatic rings. The smallest absolute Gasteiger partial charge is 0.224 e. The van der Waals surface area contributed by atoms with Gasteiger partial charge < -0.3 is 20.7 Å². The number of nitrogens with zero attached hydrogens (tertiary/aromatic N) is 1. The van der Waals surface area contributed by atoms with Gasteiger partial charge in [-0.2, -0.15) is 0 Å². The lowest BCUT2D eigenvalue weighted by molar-refractivity contribution is -0.120. The van der Waals surface area contributed by atoms with E-state index in [1.54, 1.807) is 12.1 Å². The summed E-state index contributed by atoms with van der Waals surface area (Å²) < 4.78 is 18.5. The van der Waals surface area contributed by atoms with Crippen molar-refractivity contribution in [3.05, 3.63) is 35.6 Å². The van der Waals surface area contributed by atoms with Crippen molar-refractivity contribution in [3.63, 3.8) is 0 Å². The van der Waals surface area contributed by atoms with Gasteiger partial charge in [-0.25, -0.2) is 4.39 Å².